The Bertz CT molecular complexity index is 948. The van der Waals surface area contributed by atoms with E-state index in [2.05, 4.69) is 5.32 Å². The minimum Gasteiger partial charge on any atom is -0.388 e. The molecule has 0 aromatic heterocycles. The van der Waals surface area contributed by atoms with Crippen molar-refractivity contribution in [1.82, 2.24) is 15.1 Å². The first-order chi connectivity index (χ1) is 18.0. The molecular weight excluding hydrogens is 503 g/mol. The van der Waals surface area contributed by atoms with E-state index >= 15 is 0 Å². The number of aliphatic hydroxyl groups excluding tert-OH is 3. The van der Waals surface area contributed by atoms with Gasteiger partial charge >= 0.3 is 0 Å². The number of amides is 4. The Hall–Kier alpha value is -3.13. The molecule has 4 amide bonds. The predicted octanol–water partition coefficient (Wildman–Crippen LogP) is -1.24. The molecule has 1 aromatic carbocycles. The zero-order valence-electron chi connectivity index (χ0n) is 21.4. The van der Waals surface area contributed by atoms with Crippen molar-refractivity contribution < 1.29 is 43.6 Å². The van der Waals surface area contributed by atoms with Crippen LogP contribution in [0.4, 0.5) is 4.39 Å². The molecule has 0 spiro atoms. The molecule has 13 heteroatoms. The Kier molecular flexibility index (Phi) is 12.5. The van der Waals surface area contributed by atoms with E-state index in [1.54, 1.807) is 0 Å². The lowest BCUT2D eigenvalue weighted by molar-refractivity contribution is -0.137. The topological polar surface area (TPSA) is 183 Å². The molecule has 0 radical (unpaired) electrons. The van der Waals surface area contributed by atoms with Gasteiger partial charge in [0, 0.05) is 51.7 Å². The Morgan fingerprint density at radius 2 is 1.71 bits per heavy atom. The van der Waals surface area contributed by atoms with Crippen LogP contribution in [0, 0.1) is 5.82 Å². The fourth-order valence-electron chi connectivity index (χ4n) is 4.03. The number of carbonyl (C=O) groups is 4. The molecule has 1 aromatic rings. The van der Waals surface area contributed by atoms with Crippen LogP contribution in [-0.2, 0) is 19.1 Å². The summed E-state index contributed by atoms with van der Waals surface area (Å²) < 4.78 is 18.8. The van der Waals surface area contributed by atoms with Crippen molar-refractivity contribution >= 4 is 23.6 Å². The fourth-order valence-corrected chi connectivity index (χ4v) is 4.03. The average molecular weight is 541 g/mol. The summed E-state index contributed by atoms with van der Waals surface area (Å²) in [4.78, 5) is 52.3. The molecule has 38 heavy (non-hydrogen) atoms. The molecule has 0 saturated carbocycles. The smallest absolute Gasteiger partial charge is 0.254 e. The number of hydrogen-bond donors (Lipinski definition) is 5. The van der Waals surface area contributed by atoms with Gasteiger partial charge in [0.25, 0.3) is 5.91 Å². The van der Waals surface area contributed by atoms with Crippen molar-refractivity contribution in [2.24, 2.45) is 5.73 Å². The van der Waals surface area contributed by atoms with Crippen LogP contribution < -0.4 is 11.1 Å². The quantitative estimate of drug-likeness (QED) is 0.297. The van der Waals surface area contributed by atoms with Gasteiger partial charge < -0.3 is 40.9 Å². The molecule has 1 heterocycles. The molecule has 4 atom stereocenters. The summed E-state index contributed by atoms with van der Waals surface area (Å²) in [7, 11) is 0. The van der Waals surface area contributed by atoms with E-state index in [9.17, 15) is 38.9 Å². The molecule has 212 valence electrons. The molecule has 1 aliphatic heterocycles. The number of aliphatic hydroxyl groups is 3. The maximum atomic E-state index is 13.4. The maximum Gasteiger partial charge on any atom is 0.254 e. The number of nitrogens with two attached hydrogens (primary N) is 1. The third-order valence-corrected chi connectivity index (χ3v) is 6.14. The lowest BCUT2D eigenvalue weighted by Gasteiger charge is -2.33. The second-order valence-corrected chi connectivity index (χ2v) is 9.25. The van der Waals surface area contributed by atoms with Crippen molar-refractivity contribution in [2.45, 2.75) is 57.0 Å². The number of β-amino-alcohol motifs (C(OH)–C–C–N with tert-alkyl or cyclic N) is 1. The Balaban J connectivity index is 2.31. The number of halogens is 1. The largest absolute Gasteiger partial charge is 0.388 e. The van der Waals surface area contributed by atoms with E-state index in [1.807, 2.05) is 0 Å². The van der Waals surface area contributed by atoms with Crippen LogP contribution in [-0.4, -0.2) is 112 Å². The van der Waals surface area contributed by atoms with E-state index in [0.29, 0.717) is 12.8 Å². The highest BCUT2D eigenvalue weighted by molar-refractivity contribution is 5.94. The predicted molar refractivity (Wildman–Crippen MR) is 133 cm³/mol. The molecule has 1 fully saturated rings. The van der Waals surface area contributed by atoms with Crippen LogP contribution in [0.1, 0.15) is 43.0 Å². The summed E-state index contributed by atoms with van der Waals surface area (Å²) >= 11 is 0. The maximum absolute atomic E-state index is 13.4. The lowest BCUT2D eigenvalue weighted by atomic mass is 10.1. The second kappa shape index (κ2) is 15.3. The van der Waals surface area contributed by atoms with Crippen LogP contribution in [0.2, 0.25) is 0 Å². The highest BCUT2D eigenvalue weighted by Gasteiger charge is 2.31. The molecular formula is C25H37FN4O8. The third-order valence-electron chi connectivity index (χ3n) is 6.14. The van der Waals surface area contributed by atoms with Crippen LogP contribution >= 0.6 is 0 Å². The van der Waals surface area contributed by atoms with Gasteiger partial charge in [-0.15, -0.1) is 0 Å². The zero-order valence-corrected chi connectivity index (χ0v) is 21.4. The van der Waals surface area contributed by atoms with Crippen molar-refractivity contribution in [3.8, 4) is 0 Å². The van der Waals surface area contributed by atoms with Crippen LogP contribution in [0.3, 0.4) is 0 Å². The monoisotopic (exact) mass is 540 g/mol. The van der Waals surface area contributed by atoms with Crippen molar-refractivity contribution in [1.29, 1.82) is 0 Å². The number of primary amides is 1. The highest BCUT2D eigenvalue weighted by atomic mass is 19.1. The molecule has 1 saturated heterocycles. The zero-order chi connectivity index (χ0) is 28.2. The van der Waals surface area contributed by atoms with E-state index < -0.39 is 60.3 Å². The number of nitrogens with zero attached hydrogens (tertiary/aromatic N) is 2. The van der Waals surface area contributed by atoms with Crippen LogP contribution in [0.5, 0.6) is 0 Å². The minimum absolute atomic E-state index is 0.00558. The van der Waals surface area contributed by atoms with Gasteiger partial charge in [0.05, 0.1) is 6.61 Å². The molecule has 2 rings (SSSR count). The van der Waals surface area contributed by atoms with Crippen molar-refractivity contribution in [3.63, 3.8) is 0 Å². The molecule has 0 bridgehead atoms. The van der Waals surface area contributed by atoms with E-state index in [0.717, 1.165) is 12.1 Å². The first-order valence-electron chi connectivity index (χ1n) is 12.5. The van der Waals surface area contributed by atoms with Gasteiger partial charge in [0.2, 0.25) is 17.7 Å². The van der Waals surface area contributed by atoms with Gasteiger partial charge in [-0.25, -0.2) is 4.39 Å². The molecule has 1 aliphatic rings. The number of carbonyl (C=O) groups excluding carboxylic acids is 4. The number of hydrogen-bond acceptors (Lipinski definition) is 8. The normalized spacial score (nSPS) is 22.7. The third kappa shape index (κ3) is 9.97. The highest BCUT2D eigenvalue weighted by Crippen LogP contribution is 2.13. The summed E-state index contributed by atoms with van der Waals surface area (Å²) in [6.07, 6.45) is -3.70. The lowest BCUT2D eigenvalue weighted by Crippen LogP contribution is -2.52. The second-order valence-electron chi connectivity index (χ2n) is 9.25. The van der Waals surface area contributed by atoms with Crippen molar-refractivity contribution in [2.75, 3.05) is 39.4 Å². The van der Waals surface area contributed by atoms with Gasteiger partial charge in [-0.1, -0.05) is 0 Å². The first-order valence-corrected chi connectivity index (χ1v) is 12.5. The Morgan fingerprint density at radius 3 is 2.34 bits per heavy atom. The van der Waals surface area contributed by atoms with Crippen LogP contribution in [0.15, 0.2) is 24.3 Å². The fraction of sp³-hybridized carbons (Fsp3) is 0.600. The molecule has 6 N–H and O–H groups in total. The summed E-state index contributed by atoms with van der Waals surface area (Å²) in [6.45, 7) is 0.979. The SMILES string of the molecule is CC(=O)N[C@@H](CCC(N)=O)C(=O)N1CCCCOC[C@@H](O)[C@H](O)[C@@H](O)CN(C(=O)c2ccc(F)cc2)CC1. The van der Waals surface area contributed by atoms with Crippen molar-refractivity contribution in [3.05, 3.63) is 35.6 Å². The number of ether oxygens (including phenoxy) is 1. The number of benzene rings is 1. The minimum atomic E-state index is -1.61. The molecule has 12 nitrogen and oxygen atoms in total. The Morgan fingerprint density at radius 1 is 1.05 bits per heavy atom. The number of nitrogens with one attached hydrogen (secondary N) is 1. The summed E-state index contributed by atoms with van der Waals surface area (Å²) in [5, 5.41) is 33.6. The van der Waals surface area contributed by atoms with Gasteiger partial charge in [-0.2, -0.15) is 0 Å². The van der Waals surface area contributed by atoms with Gasteiger partial charge in [0.1, 0.15) is 30.2 Å². The molecule has 0 unspecified atom stereocenters. The number of rotatable bonds is 6. The summed E-state index contributed by atoms with van der Waals surface area (Å²) in [5.41, 5.74) is 5.34. The van der Waals surface area contributed by atoms with E-state index in [4.69, 9.17) is 10.5 Å². The van der Waals surface area contributed by atoms with Crippen LogP contribution in [0.25, 0.3) is 0 Å². The van der Waals surface area contributed by atoms with E-state index in [1.165, 1.54) is 28.9 Å². The summed E-state index contributed by atoms with van der Waals surface area (Å²) in [5.74, 6) is -2.70. The van der Waals surface area contributed by atoms with Gasteiger partial charge in [0.15, 0.2) is 0 Å². The average Bonchev–Trinajstić information content (AvgIpc) is 2.87. The Labute approximate surface area is 220 Å². The molecule has 0 aliphatic carbocycles. The standard InChI is InChI=1S/C25H37FN4O8/c1-16(31)28-19(8-9-22(27)34)25(37)29-10-2-3-13-38-15-21(33)23(35)20(32)14-30(12-11-29)24(36)17-4-6-18(26)7-5-17/h4-7,19-21,23,32-33,35H,2-3,8-15H2,1H3,(H2,27,34)(H,28,31)/t19-,20-,21+,23+/m0/s1. The van der Waals surface area contributed by atoms with Gasteiger partial charge in [-0.05, 0) is 43.5 Å². The summed E-state index contributed by atoms with van der Waals surface area (Å²) in [6, 6.07) is 3.74. The van der Waals surface area contributed by atoms with E-state index in [-0.39, 0.29) is 51.3 Å². The van der Waals surface area contributed by atoms with Gasteiger partial charge in [-0.3, -0.25) is 19.2 Å². The first kappa shape index (κ1) is 31.1.